The van der Waals surface area contributed by atoms with E-state index in [1.54, 1.807) is 0 Å². The molecule has 230 valence electrons. The van der Waals surface area contributed by atoms with Gasteiger partial charge in [0.1, 0.15) is 23.0 Å². The van der Waals surface area contributed by atoms with Gasteiger partial charge in [0.15, 0.2) is 23.0 Å². The number of benzene rings is 7. The second kappa shape index (κ2) is 8.73. The van der Waals surface area contributed by atoms with Crippen LogP contribution in [0.1, 0.15) is 0 Å². The second-order valence-electron chi connectivity index (χ2n) is 13.5. The van der Waals surface area contributed by atoms with Crippen LogP contribution in [0.25, 0.3) is 0 Å². The van der Waals surface area contributed by atoms with E-state index >= 15 is 0 Å². The average Bonchev–Trinajstić information content (AvgIpc) is 3.17. The van der Waals surface area contributed by atoms with Crippen molar-refractivity contribution in [3.63, 3.8) is 0 Å². The number of fused-ring (bicyclic) bond motifs is 2. The van der Waals surface area contributed by atoms with Gasteiger partial charge in [-0.15, -0.1) is 0 Å². The maximum absolute atomic E-state index is 7.04. The van der Waals surface area contributed by atoms with Gasteiger partial charge in [0.2, 0.25) is 0 Å². The molecule has 0 radical (unpaired) electrons. The first-order valence-electron chi connectivity index (χ1n) is 17.0. The minimum Gasteiger partial charge on any atom is -0.454 e. The first-order chi connectivity index (χ1) is 24.8. The molecule has 6 heterocycles. The lowest BCUT2D eigenvalue weighted by Gasteiger charge is -2.46. The summed E-state index contributed by atoms with van der Waals surface area (Å²) < 4.78 is 28.2. The SMILES string of the molecule is c1ccc(N2c3cccc4c3B3c5c(cccc52)Oc2c5c6c(c(c23)O4)Oc2cccc3c2B6c2c(cccc2N3c2ccccc2)O5)cc1. The molecule has 0 aliphatic carbocycles. The van der Waals surface area contributed by atoms with Crippen LogP contribution >= 0.6 is 0 Å². The summed E-state index contributed by atoms with van der Waals surface area (Å²) in [5, 5.41) is 0. The molecule has 6 nitrogen and oxygen atoms in total. The maximum Gasteiger partial charge on any atom is 0.266 e. The van der Waals surface area contributed by atoms with Crippen molar-refractivity contribution in [3.8, 4) is 46.0 Å². The Kier molecular flexibility index (Phi) is 4.45. The Morgan fingerprint density at radius 2 is 0.600 bits per heavy atom. The largest absolute Gasteiger partial charge is 0.454 e. The van der Waals surface area contributed by atoms with Crippen LogP contribution < -0.4 is 61.5 Å². The van der Waals surface area contributed by atoms with E-state index < -0.39 is 0 Å². The minimum atomic E-state index is -0.131. The zero-order chi connectivity index (χ0) is 32.2. The van der Waals surface area contributed by atoms with Gasteiger partial charge in [0.05, 0.1) is 0 Å². The molecule has 0 amide bonds. The molecule has 0 saturated carbocycles. The van der Waals surface area contributed by atoms with Crippen LogP contribution in [0.3, 0.4) is 0 Å². The molecule has 13 rings (SSSR count). The number of para-hydroxylation sites is 2. The van der Waals surface area contributed by atoms with E-state index in [1.165, 1.54) is 0 Å². The van der Waals surface area contributed by atoms with Gasteiger partial charge in [-0.3, -0.25) is 0 Å². The third-order valence-corrected chi connectivity index (χ3v) is 11.1. The third kappa shape index (κ3) is 2.88. The van der Waals surface area contributed by atoms with Crippen molar-refractivity contribution in [2.24, 2.45) is 0 Å². The molecule has 0 unspecified atom stereocenters. The smallest absolute Gasteiger partial charge is 0.266 e. The van der Waals surface area contributed by atoms with E-state index in [1.807, 2.05) is 12.1 Å². The summed E-state index contributed by atoms with van der Waals surface area (Å²) in [5.74, 6) is 6.11. The summed E-state index contributed by atoms with van der Waals surface area (Å²) in [4.78, 5) is 4.64. The predicted molar refractivity (Wildman–Crippen MR) is 198 cm³/mol. The monoisotopic (exact) mass is 640 g/mol. The average molecular weight is 640 g/mol. The molecule has 0 fully saturated rings. The third-order valence-electron chi connectivity index (χ3n) is 11.1. The van der Waals surface area contributed by atoms with Crippen LogP contribution in [-0.4, -0.2) is 13.4 Å². The van der Waals surface area contributed by atoms with Crippen LogP contribution in [-0.2, 0) is 0 Å². The summed E-state index contributed by atoms with van der Waals surface area (Å²) in [6.45, 7) is -0.261. The van der Waals surface area contributed by atoms with Gasteiger partial charge in [0, 0.05) is 45.0 Å². The van der Waals surface area contributed by atoms with Crippen molar-refractivity contribution in [2.45, 2.75) is 0 Å². The molecule has 50 heavy (non-hydrogen) atoms. The van der Waals surface area contributed by atoms with E-state index in [0.717, 1.165) is 89.9 Å². The lowest BCUT2D eigenvalue weighted by molar-refractivity contribution is 0.396. The van der Waals surface area contributed by atoms with Gasteiger partial charge in [-0.05, 0) is 94.6 Å². The van der Waals surface area contributed by atoms with E-state index in [2.05, 4.69) is 131 Å². The highest BCUT2D eigenvalue weighted by atomic mass is 16.5. The molecule has 0 aromatic heterocycles. The summed E-state index contributed by atoms with van der Waals surface area (Å²) >= 11 is 0. The Balaban J connectivity index is 1.11. The van der Waals surface area contributed by atoms with Crippen molar-refractivity contribution >= 4 is 80.3 Å². The summed E-state index contributed by atoms with van der Waals surface area (Å²) in [5.41, 5.74) is 12.9. The maximum atomic E-state index is 7.04. The molecular weight excluding hydrogens is 618 g/mol. The minimum absolute atomic E-state index is 0.131. The Morgan fingerprint density at radius 3 is 0.900 bits per heavy atom. The second-order valence-corrected chi connectivity index (χ2v) is 13.5. The number of nitrogens with zero attached hydrogens (tertiary/aromatic N) is 2. The fraction of sp³-hybridized carbons (Fsp3) is 0. The summed E-state index contributed by atoms with van der Waals surface area (Å²) in [6, 6.07) is 46.4. The molecule has 8 heteroatoms. The van der Waals surface area contributed by atoms with Gasteiger partial charge >= 0.3 is 0 Å². The topological polar surface area (TPSA) is 43.4 Å². The van der Waals surface area contributed by atoms with E-state index in [-0.39, 0.29) is 13.4 Å². The van der Waals surface area contributed by atoms with E-state index in [0.29, 0.717) is 23.0 Å². The van der Waals surface area contributed by atoms with E-state index in [9.17, 15) is 0 Å². The zero-order valence-corrected chi connectivity index (χ0v) is 26.4. The van der Waals surface area contributed by atoms with Crippen molar-refractivity contribution in [2.75, 3.05) is 9.80 Å². The molecule has 0 N–H and O–H groups in total. The van der Waals surface area contributed by atoms with Gasteiger partial charge < -0.3 is 28.7 Å². The van der Waals surface area contributed by atoms with Crippen molar-refractivity contribution in [3.05, 3.63) is 133 Å². The first-order valence-corrected chi connectivity index (χ1v) is 17.0. The van der Waals surface area contributed by atoms with Gasteiger partial charge in [0.25, 0.3) is 13.4 Å². The van der Waals surface area contributed by atoms with Crippen molar-refractivity contribution < 1.29 is 18.9 Å². The van der Waals surface area contributed by atoms with Crippen LogP contribution in [0.2, 0.25) is 0 Å². The number of anilines is 6. The van der Waals surface area contributed by atoms with Gasteiger partial charge in [-0.1, -0.05) is 60.7 Å². The Labute approximate surface area is 287 Å². The molecule has 6 aliphatic rings. The predicted octanol–water partition coefficient (Wildman–Crippen LogP) is 6.71. The number of hydrogen-bond donors (Lipinski definition) is 0. The Bertz CT molecular complexity index is 2380. The molecule has 0 atom stereocenters. The lowest BCUT2D eigenvalue weighted by atomic mass is 9.30. The summed E-state index contributed by atoms with van der Waals surface area (Å²) in [7, 11) is 0. The van der Waals surface area contributed by atoms with Gasteiger partial charge in [-0.2, -0.15) is 0 Å². The molecule has 0 spiro atoms. The lowest BCUT2D eigenvalue weighted by Crippen LogP contribution is -2.65. The number of rotatable bonds is 2. The van der Waals surface area contributed by atoms with Crippen LogP contribution in [0.5, 0.6) is 46.0 Å². The highest BCUT2D eigenvalue weighted by Gasteiger charge is 2.55. The van der Waals surface area contributed by atoms with Crippen LogP contribution in [0, 0.1) is 0 Å². The standard InChI is InChI=1S/C42H22B2N2O4/c1-3-11-23(12-4-1)45-25-15-7-19-29-33(25)43-34-26(45)16-8-20-30(34)48-40-37(43)39(47-29)41-38-42(40)50-32-22-10-18-28-36(32)44(38)35-27(17-9-21-31(35)49-41)46(28)24-13-5-2-6-14-24/h1-22H. The number of ether oxygens (including phenoxy) is 4. The van der Waals surface area contributed by atoms with Crippen molar-refractivity contribution in [1.82, 2.24) is 0 Å². The fourth-order valence-electron chi connectivity index (χ4n) is 9.33. The first kappa shape index (κ1) is 25.5. The zero-order valence-electron chi connectivity index (χ0n) is 26.4. The van der Waals surface area contributed by atoms with Crippen LogP contribution in [0.15, 0.2) is 133 Å². The Morgan fingerprint density at radius 1 is 0.300 bits per heavy atom. The quantitative estimate of drug-likeness (QED) is 0.196. The summed E-state index contributed by atoms with van der Waals surface area (Å²) in [6.07, 6.45) is 0. The highest BCUT2D eigenvalue weighted by Crippen LogP contribution is 2.54. The molecule has 6 aliphatic heterocycles. The van der Waals surface area contributed by atoms with E-state index in [4.69, 9.17) is 18.9 Å². The highest BCUT2D eigenvalue weighted by molar-refractivity contribution is 7.03. The molecule has 7 aromatic rings. The van der Waals surface area contributed by atoms with Crippen LogP contribution in [0.4, 0.5) is 34.1 Å². The van der Waals surface area contributed by atoms with Gasteiger partial charge in [-0.25, -0.2) is 0 Å². The molecule has 7 aromatic carbocycles. The Hall–Kier alpha value is -6.53. The molecule has 0 bridgehead atoms. The number of hydrogen-bond acceptors (Lipinski definition) is 6. The fourth-order valence-corrected chi connectivity index (χ4v) is 9.33. The molecular formula is C42H22B2N2O4. The molecule has 0 saturated heterocycles. The normalized spacial score (nSPS) is 14.9. The van der Waals surface area contributed by atoms with Crippen molar-refractivity contribution in [1.29, 1.82) is 0 Å².